The van der Waals surface area contributed by atoms with Gasteiger partial charge in [0, 0.05) is 0 Å². The molecule has 1 saturated heterocycles. The molecule has 1 aliphatic rings. The van der Waals surface area contributed by atoms with Crippen molar-refractivity contribution in [1.29, 1.82) is 0 Å². The van der Waals surface area contributed by atoms with Crippen LogP contribution < -0.4 is 0 Å². The molecular formula is C10H15NO4S. The maximum Gasteiger partial charge on any atom is 0.335 e. The highest BCUT2D eigenvalue weighted by Crippen LogP contribution is 2.25. The molecule has 0 N–H and O–H groups in total. The number of rotatable bonds is 4. The molecule has 1 rings (SSSR count). The van der Waals surface area contributed by atoms with Gasteiger partial charge in [-0.2, -0.15) is 0 Å². The molecular weight excluding hydrogens is 230 g/mol. The van der Waals surface area contributed by atoms with Crippen molar-refractivity contribution in [3.63, 3.8) is 0 Å². The zero-order valence-electron chi connectivity index (χ0n) is 9.56. The van der Waals surface area contributed by atoms with Crippen LogP contribution in [-0.4, -0.2) is 33.8 Å². The number of carbonyl (C=O) groups is 3. The van der Waals surface area contributed by atoms with Crippen LogP contribution in [0.3, 0.4) is 0 Å². The summed E-state index contributed by atoms with van der Waals surface area (Å²) in [6, 6.07) is 0. The standard InChI is InChI=1S/C10H15NO4S/c1-4-16-7-5-8(12)11(9(7)13)15-10(14)6(2)3/h6-7H,4-5H2,1-3H3. The van der Waals surface area contributed by atoms with Crippen LogP contribution in [0.15, 0.2) is 0 Å². The molecule has 1 heterocycles. The number of hydrogen-bond acceptors (Lipinski definition) is 5. The van der Waals surface area contributed by atoms with E-state index in [0.29, 0.717) is 5.06 Å². The smallest absolute Gasteiger partial charge is 0.330 e. The van der Waals surface area contributed by atoms with Gasteiger partial charge in [0.25, 0.3) is 11.8 Å². The summed E-state index contributed by atoms with van der Waals surface area (Å²) in [5.41, 5.74) is 0. The summed E-state index contributed by atoms with van der Waals surface area (Å²) in [4.78, 5) is 39.1. The lowest BCUT2D eigenvalue weighted by Crippen LogP contribution is -2.35. The van der Waals surface area contributed by atoms with Crippen molar-refractivity contribution in [3.05, 3.63) is 0 Å². The second-order valence-corrected chi connectivity index (χ2v) is 5.22. The maximum atomic E-state index is 11.7. The van der Waals surface area contributed by atoms with Crippen LogP contribution in [0.4, 0.5) is 0 Å². The molecule has 0 spiro atoms. The van der Waals surface area contributed by atoms with E-state index in [1.807, 2.05) is 6.92 Å². The predicted octanol–water partition coefficient (Wildman–Crippen LogP) is 0.981. The fraction of sp³-hybridized carbons (Fsp3) is 0.700. The molecule has 0 aromatic heterocycles. The highest BCUT2D eigenvalue weighted by Gasteiger charge is 2.41. The van der Waals surface area contributed by atoms with Crippen molar-refractivity contribution in [3.8, 4) is 0 Å². The van der Waals surface area contributed by atoms with E-state index in [1.165, 1.54) is 11.8 Å². The molecule has 90 valence electrons. The summed E-state index contributed by atoms with van der Waals surface area (Å²) in [7, 11) is 0. The number of carbonyl (C=O) groups excluding carboxylic acids is 3. The van der Waals surface area contributed by atoms with Gasteiger partial charge in [0.05, 0.1) is 17.6 Å². The SMILES string of the molecule is CCSC1CC(=O)N(OC(=O)C(C)C)C1=O. The molecule has 0 aliphatic carbocycles. The van der Waals surface area contributed by atoms with E-state index in [-0.39, 0.29) is 12.3 Å². The van der Waals surface area contributed by atoms with Crippen molar-refractivity contribution >= 4 is 29.5 Å². The van der Waals surface area contributed by atoms with Crippen LogP contribution in [0.5, 0.6) is 0 Å². The van der Waals surface area contributed by atoms with Crippen LogP contribution in [0.1, 0.15) is 27.2 Å². The topological polar surface area (TPSA) is 63.7 Å². The van der Waals surface area contributed by atoms with E-state index >= 15 is 0 Å². The zero-order valence-corrected chi connectivity index (χ0v) is 10.4. The van der Waals surface area contributed by atoms with Gasteiger partial charge in [-0.3, -0.25) is 9.59 Å². The normalized spacial score (nSPS) is 20.8. The third-order valence-corrected chi connectivity index (χ3v) is 3.19. The van der Waals surface area contributed by atoms with Crippen molar-refractivity contribution in [1.82, 2.24) is 5.06 Å². The first-order valence-corrected chi connectivity index (χ1v) is 6.22. The Balaban J connectivity index is 2.64. The van der Waals surface area contributed by atoms with Gasteiger partial charge in [-0.1, -0.05) is 20.8 Å². The second-order valence-electron chi connectivity index (χ2n) is 3.74. The number of hydroxylamine groups is 2. The van der Waals surface area contributed by atoms with Crippen molar-refractivity contribution in [2.45, 2.75) is 32.4 Å². The lowest BCUT2D eigenvalue weighted by atomic mass is 10.2. The fourth-order valence-corrected chi connectivity index (χ4v) is 2.11. The lowest BCUT2D eigenvalue weighted by Gasteiger charge is -2.14. The molecule has 1 aliphatic heterocycles. The van der Waals surface area contributed by atoms with E-state index in [2.05, 4.69) is 0 Å². The van der Waals surface area contributed by atoms with Crippen LogP contribution >= 0.6 is 11.8 Å². The Hall–Kier alpha value is -1.04. The Morgan fingerprint density at radius 2 is 2.19 bits per heavy atom. The summed E-state index contributed by atoms with van der Waals surface area (Å²) in [5, 5.41) is 0.202. The molecule has 0 saturated carbocycles. The zero-order chi connectivity index (χ0) is 12.3. The number of nitrogens with zero attached hydrogens (tertiary/aromatic N) is 1. The number of imide groups is 1. The van der Waals surface area contributed by atoms with E-state index in [1.54, 1.807) is 13.8 Å². The minimum Gasteiger partial charge on any atom is -0.330 e. The van der Waals surface area contributed by atoms with Crippen LogP contribution in [0.2, 0.25) is 0 Å². The van der Waals surface area contributed by atoms with E-state index in [4.69, 9.17) is 4.84 Å². The van der Waals surface area contributed by atoms with Gasteiger partial charge in [-0.15, -0.1) is 16.8 Å². The van der Waals surface area contributed by atoms with Gasteiger partial charge in [0.15, 0.2) is 0 Å². The van der Waals surface area contributed by atoms with Crippen LogP contribution in [-0.2, 0) is 19.2 Å². The molecule has 1 unspecified atom stereocenters. The van der Waals surface area contributed by atoms with Gasteiger partial charge in [0.1, 0.15) is 0 Å². The average molecular weight is 245 g/mol. The Morgan fingerprint density at radius 3 is 2.69 bits per heavy atom. The predicted molar refractivity (Wildman–Crippen MR) is 59.3 cm³/mol. The highest BCUT2D eigenvalue weighted by molar-refractivity contribution is 8.00. The quantitative estimate of drug-likeness (QED) is 0.691. The molecule has 0 aromatic rings. The Labute approximate surface area is 98.5 Å². The van der Waals surface area contributed by atoms with Gasteiger partial charge < -0.3 is 4.84 Å². The minimum absolute atomic E-state index is 0.114. The summed E-state index contributed by atoms with van der Waals surface area (Å²) < 4.78 is 0. The van der Waals surface area contributed by atoms with Gasteiger partial charge >= 0.3 is 5.97 Å². The molecule has 0 aromatic carbocycles. The van der Waals surface area contributed by atoms with Crippen LogP contribution in [0.25, 0.3) is 0 Å². The van der Waals surface area contributed by atoms with Gasteiger partial charge in [-0.25, -0.2) is 4.79 Å². The molecule has 16 heavy (non-hydrogen) atoms. The second kappa shape index (κ2) is 5.34. The van der Waals surface area contributed by atoms with Crippen molar-refractivity contribution in [2.75, 3.05) is 5.75 Å². The minimum atomic E-state index is -0.566. The first-order chi connectivity index (χ1) is 7.47. The molecule has 1 atom stereocenters. The van der Waals surface area contributed by atoms with Gasteiger partial charge in [0.2, 0.25) is 0 Å². The fourth-order valence-electron chi connectivity index (χ4n) is 1.21. The Morgan fingerprint density at radius 1 is 1.56 bits per heavy atom. The van der Waals surface area contributed by atoms with Gasteiger partial charge in [-0.05, 0) is 5.75 Å². The first kappa shape index (κ1) is 13.0. The van der Waals surface area contributed by atoms with Crippen molar-refractivity contribution < 1.29 is 19.2 Å². The molecule has 0 radical (unpaired) electrons. The molecule has 0 bridgehead atoms. The summed E-state index contributed by atoms with van der Waals surface area (Å²) in [5.74, 6) is -1.05. The number of thioether (sulfide) groups is 1. The average Bonchev–Trinajstić information content (AvgIpc) is 2.46. The summed E-state index contributed by atoms with van der Waals surface area (Å²) >= 11 is 1.39. The number of hydrogen-bond donors (Lipinski definition) is 0. The largest absolute Gasteiger partial charge is 0.335 e. The molecule has 5 nitrogen and oxygen atoms in total. The maximum absolute atomic E-state index is 11.7. The lowest BCUT2D eigenvalue weighted by molar-refractivity contribution is -0.199. The third kappa shape index (κ3) is 2.75. The van der Waals surface area contributed by atoms with E-state index < -0.39 is 23.0 Å². The molecule has 6 heteroatoms. The van der Waals surface area contributed by atoms with E-state index in [9.17, 15) is 14.4 Å². The molecule has 2 amide bonds. The highest BCUT2D eigenvalue weighted by atomic mass is 32.2. The van der Waals surface area contributed by atoms with Crippen molar-refractivity contribution in [2.24, 2.45) is 5.92 Å². The molecule has 1 fully saturated rings. The van der Waals surface area contributed by atoms with Crippen LogP contribution in [0, 0.1) is 5.92 Å². The van der Waals surface area contributed by atoms with E-state index in [0.717, 1.165) is 5.75 Å². The summed E-state index contributed by atoms with van der Waals surface area (Å²) in [6.45, 7) is 5.20. The summed E-state index contributed by atoms with van der Waals surface area (Å²) in [6.07, 6.45) is 0.114. The monoisotopic (exact) mass is 245 g/mol. The Kier molecular flexibility index (Phi) is 4.35. The Bertz CT molecular complexity index is 316. The third-order valence-electron chi connectivity index (χ3n) is 2.08. The number of amides is 2. The first-order valence-electron chi connectivity index (χ1n) is 5.17.